The molecule has 0 unspecified atom stereocenters. The second kappa shape index (κ2) is 7.51. The molecule has 9 nitrogen and oxygen atoms in total. The first-order valence-corrected chi connectivity index (χ1v) is 11.8. The lowest BCUT2D eigenvalue weighted by Gasteiger charge is -2.41. The summed E-state index contributed by atoms with van der Waals surface area (Å²) in [4.78, 5) is 23.0. The van der Waals surface area contributed by atoms with Crippen LogP contribution in [0.5, 0.6) is 5.75 Å². The summed E-state index contributed by atoms with van der Waals surface area (Å²) in [7, 11) is 1.44. The normalized spacial score (nSPS) is 25.2. The van der Waals surface area contributed by atoms with Crippen molar-refractivity contribution < 1.29 is 13.9 Å². The van der Waals surface area contributed by atoms with E-state index in [4.69, 9.17) is 20.2 Å². The zero-order valence-electron chi connectivity index (χ0n) is 19.4. The highest BCUT2D eigenvalue weighted by atomic mass is 19.1. The molecular formula is C24H29FN6O3. The molecular weight excluding hydrogens is 439 g/mol. The third-order valence-corrected chi connectivity index (χ3v) is 8.23. The number of hydrogen-bond donors (Lipinski definition) is 3. The Balaban J connectivity index is 1.30. The maximum Gasteiger partial charge on any atom is 0.263 e. The van der Waals surface area contributed by atoms with Crippen LogP contribution >= 0.6 is 0 Å². The Morgan fingerprint density at radius 1 is 1.26 bits per heavy atom. The van der Waals surface area contributed by atoms with Gasteiger partial charge in [0.2, 0.25) is 5.95 Å². The zero-order valence-corrected chi connectivity index (χ0v) is 19.4. The second-order valence-corrected chi connectivity index (χ2v) is 10.0. The molecule has 10 heteroatoms. The average molecular weight is 469 g/mol. The van der Waals surface area contributed by atoms with E-state index in [0.29, 0.717) is 29.3 Å². The first-order valence-electron chi connectivity index (χ1n) is 11.8. The predicted octanol–water partition coefficient (Wildman–Crippen LogP) is 2.21. The lowest BCUT2D eigenvalue weighted by molar-refractivity contribution is 0.0973. The summed E-state index contributed by atoms with van der Waals surface area (Å²) in [6.07, 6.45) is 3.49. The molecule has 1 spiro atoms. The van der Waals surface area contributed by atoms with Gasteiger partial charge in [-0.05, 0) is 50.3 Å². The maximum absolute atomic E-state index is 14.0. The van der Waals surface area contributed by atoms with Crippen LogP contribution in [0.1, 0.15) is 43.9 Å². The van der Waals surface area contributed by atoms with Crippen molar-refractivity contribution in [3.63, 3.8) is 0 Å². The van der Waals surface area contributed by atoms with E-state index in [9.17, 15) is 9.18 Å². The van der Waals surface area contributed by atoms with Crippen molar-refractivity contribution in [3.05, 3.63) is 45.6 Å². The van der Waals surface area contributed by atoms with Crippen molar-refractivity contribution in [1.82, 2.24) is 20.2 Å². The van der Waals surface area contributed by atoms with Gasteiger partial charge >= 0.3 is 0 Å². The van der Waals surface area contributed by atoms with Crippen LogP contribution in [0, 0.1) is 11.2 Å². The number of anilines is 1. The van der Waals surface area contributed by atoms with Gasteiger partial charge in [0.15, 0.2) is 17.2 Å². The summed E-state index contributed by atoms with van der Waals surface area (Å²) in [5.41, 5.74) is 7.76. The van der Waals surface area contributed by atoms with Gasteiger partial charge in [0, 0.05) is 30.0 Å². The van der Waals surface area contributed by atoms with E-state index in [0.717, 1.165) is 44.3 Å². The topological polar surface area (TPSA) is 122 Å². The highest BCUT2D eigenvalue weighted by Gasteiger charge is 2.50. The number of nitrogens with zero attached hydrogens (tertiary/aromatic N) is 3. The van der Waals surface area contributed by atoms with E-state index < -0.39 is 11.2 Å². The Morgan fingerprint density at radius 2 is 2.03 bits per heavy atom. The van der Waals surface area contributed by atoms with E-state index in [2.05, 4.69) is 20.1 Å². The first kappa shape index (κ1) is 21.5. The molecule has 34 heavy (non-hydrogen) atoms. The van der Waals surface area contributed by atoms with Crippen LogP contribution in [0.2, 0.25) is 0 Å². The van der Waals surface area contributed by atoms with Gasteiger partial charge in [-0.25, -0.2) is 4.39 Å². The van der Waals surface area contributed by atoms with Crippen molar-refractivity contribution in [2.45, 2.75) is 50.2 Å². The van der Waals surface area contributed by atoms with E-state index in [1.54, 1.807) is 12.1 Å². The number of hydrogen-bond acceptors (Lipinski definition) is 7. The van der Waals surface area contributed by atoms with Gasteiger partial charge < -0.3 is 20.1 Å². The molecule has 0 amide bonds. The SMILES string of the molecule is COc1cc(C2(c3n[nH]c4nc(N5CCC6(CC5)CO[C@@H](C)[C@H]6N)[nH]c(=O)c34)CC2)ccc1F. The van der Waals surface area contributed by atoms with Crippen LogP contribution in [0.4, 0.5) is 10.3 Å². The fourth-order valence-corrected chi connectivity index (χ4v) is 5.80. The van der Waals surface area contributed by atoms with E-state index in [1.807, 2.05) is 6.92 Å². The van der Waals surface area contributed by atoms with Gasteiger partial charge in [0.25, 0.3) is 5.56 Å². The molecule has 1 aliphatic carbocycles. The fourth-order valence-electron chi connectivity index (χ4n) is 5.80. The number of halogens is 1. The summed E-state index contributed by atoms with van der Waals surface area (Å²) in [5.74, 6) is 0.306. The number of rotatable bonds is 4. The number of aromatic amines is 2. The highest BCUT2D eigenvalue weighted by molar-refractivity contribution is 5.80. The van der Waals surface area contributed by atoms with Crippen molar-refractivity contribution in [2.24, 2.45) is 11.1 Å². The highest BCUT2D eigenvalue weighted by Crippen LogP contribution is 2.54. The summed E-state index contributed by atoms with van der Waals surface area (Å²) in [5, 5.41) is 7.94. The Labute approximate surface area is 195 Å². The van der Waals surface area contributed by atoms with Crippen molar-refractivity contribution in [2.75, 3.05) is 31.7 Å². The molecule has 2 aromatic heterocycles. The summed E-state index contributed by atoms with van der Waals surface area (Å²) < 4.78 is 24.9. The lowest BCUT2D eigenvalue weighted by Crippen LogP contribution is -2.51. The Morgan fingerprint density at radius 3 is 2.68 bits per heavy atom. The van der Waals surface area contributed by atoms with Crippen molar-refractivity contribution in [3.8, 4) is 5.75 Å². The Hall–Kier alpha value is -2.98. The number of nitrogens with one attached hydrogen (secondary N) is 2. The van der Waals surface area contributed by atoms with E-state index in [-0.39, 0.29) is 28.9 Å². The largest absolute Gasteiger partial charge is 0.494 e. The van der Waals surface area contributed by atoms with Gasteiger partial charge in [-0.3, -0.25) is 14.9 Å². The molecule has 0 radical (unpaired) electrons. The van der Waals surface area contributed by atoms with Gasteiger partial charge in [0.05, 0.1) is 25.5 Å². The smallest absolute Gasteiger partial charge is 0.263 e. The third kappa shape index (κ3) is 3.08. The maximum atomic E-state index is 14.0. The van der Waals surface area contributed by atoms with Gasteiger partial charge in [-0.15, -0.1) is 0 Å². The molecule has 3 aromatic rings. The minimum absolute atomic E-state index is 0.00393. The summed E-state index contributed by atoms with van der Waals surface area (Å²) in [6, 6.07) is 4.86. The van der Waals surface area contributed by atoms with Crippen LogP contribution in [0.25, 0.3) is 11.0 Å². The van der Waals surface area contributed by atoms with Crippen LogP contribution < -0.4 is 20.9 Å². The van der Waals surface area contributed by atoms with E-state index in [1.165, 1.54) is 13.2 Å². The number of methoxy groups -OCH3 is 1. The Kier molecular flexibility index (Phi) is 4.76. The number of benzene rings is 1. The molecule has 6 rings (SSSR count). The molecule has 3 fully saturated rings. The first-order chi connectivity index (χ1) is 16.4. The molecule has 4 N–H and O–H groups in total. The number of H-pyrrole nitrogens is 2. The zero-order chi connectivity index (χ0) is 23.7. The number of ether oxygens (including phenoxy) is 2. The lowest BCUT2D eigenvalue weighted by atomic mass is 9.73. The molecule has 4 heterocycles. The third-order valence-electron chi connectivity index (χ3n) is 8.23. The predicted molar refractivity (Wildman–Crippen MR) is 125 cm³/mol. The number of fused-ring (bicyclic) bond motifs is 1. The molecule has 2 aliphatic heterocycles. The number of aromatic nitrogens is 4. The van der Waals surface area contributed by atoms with Gasteiger partial charge in [-0.2, -0.15) is 10.1 Å². The van der Waals surface area contributed by atoms with Crippen LogP contribution in [0.3, 0.4) is 0 Å². The van der Waals surface area contributed by atoms with Crippen LogP contribution in [-0.2, 0) is 10.2 Å². The van der Waals surface area contributed by atoms with Gasteiger partial charge in [0.1, 0.15) is 5.39 Å². The van der Waals surface area contributed by atoms with Crippen LogP contribution in [-0.4, -0.2) is 59.1 Å². The monoisotopic (exact) mass is 468 g/mol. The number of piperidine rings is 1. The molecule has 0 bridgehead atoms. The van der Waals surface area contributed by atoms with Gasteiger partial charge in [-0.1, -0.05) is 6.07 Å². The molecule has 2 saturated heterocycles. The fraction of sp³-hybridized carbons (Fsp3) is 0.542. The molecule has 180 valence electrons. The second-order valence-electron chi connectivity index (χ2n) is 10.0. The number of nitrogens with two attached hydrogens (primary N) is 1. The molecule has 1 aromatic carbocycles. The minimum atomic E-state index is -0.442. The Bertz CT molecular complexity index is 1310. The standard InChI is InChI=1S/C24H29FN6O3/c1-13-18(26)23(12-34-13)7-9-31(10-8-23)22-27-20-17(21(32)28-22)19(29-30-20)24(5-6-24)14-3-4-15(25)16(11-14)33-2/h3-4,11,13,18H,5-10,12,26H2,1-2H3,(H2,27,28,29,30,32)/t13-,18+/m0/s1. The van der Waals surface area contributed by atoms with Crippen LogP contribution in [0.15, 0.2) is 23.0 Å². The molecule has 1 saturated carbocycles. The summed E-state index contributed by atoms with van der Waals surface area (Å²) in [6.45, 7) is 4.21. The quantitative estimate of drug-likeness (QED) is 0.537. The average Bonchev–Trinajstić information content (AvgIpc) is 3.46. The summed E-state index contributed by atoms with van der Waals surface area (Å²) >= 11 is 0. The molecule has 2 atom stereocenters. The minimum Gasteiger partial charge on any atom is -0.494 e. The van der Waals surface area contributed by atoms with Crippen molar-refractivity contribution in [1.29, 1.82) is 0 Å². The van der Waals surface area contributed by atoms with E-state index >= 15 is 0 Å². The molecule has 3 aliphatic rings. The van der Waals surface area contributed by atoms with Crippen molar-refractivity contribution >= 4 is 17.0 Å².